The van der Waals surface area contributed by atoms with Crippen LogP contribution in [0.2, 0.25) is 0 Å². The number of anilines is 1. The van der Waals surface area contributed by atoms with E-state index < -0.39 is 10.0 Å². The van der Waals surface area contributed by atoms with E-state index in [4.69, 9.17) is 14.2 Å². The van der Waals surface area contributed by atoms with E-state index in [2.05, 4.69) is 71.3 Å². The lowest BCUT2D eigenvalue weighted by Gasteiger charge is -2.19. The van der Waals surface area contributed by atoms with Crippen LogP contribution in [0.25, 0.3) is 11.1 Å². The van der Waals surface area contributed by atoms with Crippen LogP contribution in [0.15, 0.2) is 89.0 Å². The summed E-state index contributed by atoms with van der Waals surface area (Å²) in [6.45, 7) is 8.29. The Morgan fingerprint density at radius 3 is 2.04 bits per heavy atom. The fourth-order valence-electron chi connectivity index (χ4n) is 4.02. The standard InChI is InChI=1S/C31H30BrN7O5S/c1-20-5-7-21(8-6-20)26-27(39-45(40,41)25-11-9-22(10-12-25)31(2,3)4)37-19-38-28(26)42-13-14-43-29-35-17-24(18-36-29)44-30-33-15-23(32)16-34-30/h5-12,15-19H,13-14H2,1-4H3,(H,37,38,39). The van der Waals surface area contributed by atoms with Crippen molar-refractivity contribution in [1.29, 1.82) is 0 Å². The number of hydrogen-bond acceptors (Lipinski definition) is 11. The van der Waals surface area contributed by atoms with Gasteiger partial charge in [-0.2, -0.15) is 9.97 Å². The molecule has 0 atom stereocenters. The van der Waals surface area contributed by atoms with Gasteiger partial charge < -0.3 is 14.2 Å². The first-order chi connectivity index (χ1) is 21.5. The van der Waals surface area contributed by atoms with Crippen LogP contribution in [0.4, 0.5) is 5.82 Å². The van der Waals surface area contributed by atoms with Crippen LogP contribution in [0.3, 0.4) is 0 Å². The van der Waals surface area contributed by atoms with Gasteiger partial charge in [0, 0.05) is 12.4 Å². The smallest absolute Gasteiger partial charge is 0.322 e. The van der Waals surface area contributed by atoms with Crippen molar-refractivity contribution in [2.45, 2.75) is 38.0 Å². The quantitative estimate of drug-likeness (QED) is 0.159. The molecule has 1 N–H and O–H groups in total. The van der Waals surface area contributed by atoms with Gasteiger partial charge in [-0.3, -0.25) is 4.72 Å². The molecule has 12 nitrogen and oxygen atoms in total. The Balaban J connectivity index is 1.29. The molecule has 0 saturated heterocycles. The van der Waals surface area contributed by atoms with Gasteiger partial charge in [0.15, 0.2) is 11.6 Å². The molecular formula is C31H30BrN7O5S. The Bertz CT molecular complexity index is 1850. The third-order valence-electron chi connectivity index (χ3n) is 6.38. The van der Waals surface area contributed by atoms with Gasteiger partial charge >= 0.3 is 12.0 Å². The van der Waals surface area contributed by atoms with E-state index in [-0.39, 0.29) is 47.2 Å². The average Bonchev–Trinajstić information content (AvgIpc) is 3.01. The molecule has 0 saturated carbocycles. The van der Waals surface area contributed by atoms with E-state index in [1.165, 1.54) is 18.7 Å². The molecule has 0 bridgehead atoms. The minimum Gasteiger partial charge on any atom is -0.473 e. The molecule has 0 unspecified atom stereocenters. The summed E-state index contributed by atoms with van der Waals surface area (Å²) in [7, 11) is -3.97. The Morgan fingerprint density at radius 1 is 0.778 bits per heavy atom. The van der Waals surface area contributed by atoms with Gasteiger partial charge in [0.25, 0.3) is 10.0 Å². The van der Waals surface area contributed by atoms with Gasteiger partial charge in [0.1, 0.15) is 19.5 Å². The highest BCUT2D eigenvalue weighted by Crippen LogP contribution is 2.35. The number of ether oxygens (including phenoxy) is 3. The predicted molar refractivity (Wildman–Crippen MR) is 171 cm³/mol. The van der Waals surface area contributed by atoms with Crippen molar-refractivity contribution in [1.82, 2.24) is 29.9 Å². The van der Waals surface area contributed by atoms with Crippen LogP contribution in [0.1, 0.15) is 31.9 Å². The molecule has 0 radical (unpaired) electrons. The van der Waals surface area contributed by atoms with E-state index in [0.29, 0.717) is 16.9 Å². The first kappa shape index (κ1) is 31.7. The van der Waals surface area contributed by atoms with Gasteiger partial charge in [-0.25, -0.2) is 28.4 Å². The van der Waals surface area contributed by atoms with Gasteiger partial charge in [-0.15, -0.1) is 0 Å². The molecule has 5 aromatic rings. The number of aromatic nitrogens is 6. The molecule has 5 rings (SSSR count). The molecule has 0 aliphatic rings. The number of aryl methyl sites for hydroxylation is 1. The zero-order chi connectivity index (χ0) is 32.0. The summed E-state index contributed by atoms with van der Waals surface area (Å²) in [6, 6.07) is 14.6. The van der Waals surface area contributed by atoms with Crippen LogP contribution in [0, 0.1) is 6.92 Å². The van der Waals surface area contributed by atoms with Crippen LogP contribution >= 0.6 is 15.9 Å². The average molecular weight is 693 g/mol. The number of nitrogens with zero attached hydrogens (tertiary/aromatic N) is 6. The lowest BCUT2D eigenvalue weighted by molar-refractivity contribution is 0.201. The second-order valence-electron chi connectivity index (χ2n) is 10.8. The van der Waals surface area contributed by atoms with E-state index in [9.17, 15) is 8.42 Å². The lowest BCUT2D eigenvalue weighted by atomic mass is 9.87. The van der Waals surface area contributed by atoms with Crippen molar-refractivity contribution >= 4 is 31.8 Å². The molecule has 0 aliphatic heterocycles. The first-order valence-corrected chi connectivity index (χ1v) is 16.0. The third kappa shape index (κ3) is 8.28. The van der Waals surface area contributed by atoms with Gasteiger partial charge in [-0.1, -0.05) is 62.7 Å². The van der Waals surface area contributed by atoms with Gasteiger partial charge in [0.05, 0.1) is 27.3 Å². The maximum absolute atomic E-state index is 13.4. The van der Waals surface area contributed by atoms with Crippen molar-refractivity contribution in [3.05, 3.63) is 95.2 Å². The fraction of sp³-hybridized carbons (Fsp3) is 0.226. The summed E-state index contributed by atoms with van der Waals surface area (Å²) in [6.07, 6.45) is 7.23. The number of benzene rings is 2. The maximum atomic E-state index is 13.4. The van der Waals surface area contributed by atoms with E-state index in [1.807, 2.05) is 43.3 Å². The molecule has 0 spiro atoms. The molecule has 0 amide bonds. The lowest BCUT2D eigenvalue weighted by Crippen LogP contribution is -2.17. The van der Waals surface area contributed by atoms with Gasteiger partial charge in [-0.05, 0) is 51.5 Å². The Morgan fingerprint density at radius 2 is 1.40 bits per heavy atom. The minimum atomic E-state index is -3.97. The van der Waals surface area contributed by atoms with E-state index >= 15 is 0 Å². The molecule has 0 aliphatic carbocycles. The summed E-state index contributed by atoms with van der Waals surface area (Å²) in [5, 5.41) is 0. The summed E-state index contributed by atoms with van der Waals surface area (Å²) in [5.41, 5.74) is 3.00. The second-order valence-corrected chi connectivity index (χ2v) is 13.4. The molecule has 0 fully saturated rings. The molecule has 45 heavy (non-hydrogen) atoms. The van der Waals surface area contributed by atoms with Crippen molar-refractivity contribution < 1.29 is 22.6 Å². The monoisotopic (exact) mass is 691 g/mol. The molecule has 2 aromatic carbocycles. The van der Waals surface area contributed by atoms with Crippen molar-refractivity contribution in [2.75, 3.05) is 17.9 Å². The highest BCUT2D eigenvalue weighted by Gasteiger charge is 2.23. The predicted octanol–water partition coefficient (Wildman–Crippen LogP) is 6.14. The first-order valence-electron chi connectivity index (χ1n) is 13.8. The maximum Gasteiger partial charge on any atom is 0.322 e. The van der Waals surface area contributed by atoms with Crippen molar-refractivity contribution in [3.8, 4) is 34.8 Å². The SMILES string of the molecule is Cc1ccc(-c2c(NS(=O)(=O)c3ccc(C(C)(C)C)cc3)ncnc2OCCOc2ncc(Oc3ncc(Br)cn3)cn2)cc1. The van der Waals surface area contributed by atoms with Crippen LogP contribution < -0.4 is 18.9 Å². The van der Waals surface area contributed by atoms with E-state index in [1.54, 1.807) is 24.5 Å². The molecule has 232 valence electrons. The summed E-state index contributed by atoms with van der Waals surface area (Å²) in [4.78, 5) is 25.0. The minimum absolute atomic E-state index is 0.0602. The Hall–Kier alpha value is -4.69. The molecular weight excluding hydrogens is 662 g/mol. The topological polar surface area (TPSA) is 151 Å². The molecule has 3 heterocycles. The normalized spacial score (nSPS) is 11.6. The zero-order valence-corrected chi connectivity index (χ0v) is 27.3. The second kappa shape index (κ2) is 13.5. The van der Waals surface area contributed by atoms with E-state index in [0.717, 1.165) is 15.6 Å². The highest BCUT2D eigenvalue weighted by atomic mass is 79.9. The Labute approximate surface area is 269 Å². The van der Waals surface area contributed by atoms with Crippen molar-refractivity contribution in [2.24, 2.45) is 0 Å². The zero-order valence-electron chi connectivity index (χ0n) is 24.9. The summed E-state index contributed by atoms with van der Waals surface area (Å²) < 4.78 is 47.2. The summed E-state index contributed by atoms with van der Waals surface area (Å²) >= 11 is 3.27. The van der Waals surface area contributed by atoms with Crippen LogP contribution in [-0.4, -0.2) is 51.5 Å². The largest absolute Gasteiger partial charge is 0.473 e. The van der Waals surface area contributed by atoms with Gasteiger partial charge in [0.2, 0.25) is 5.88 Å². The third-order valence-corrected chi connectivity index (χ3v) is 8.14. The number of nitrogens with one attached hydrogen (secondary N) is 1. The fourth-order valence-corrected chi connectivity index (χ4v) is 5.24. The summed E-state index contributed by atoms with van der Waals surface area (Å²) in [5.74, 6) is 0.598. The number of halogens is 1. The Kier molecular flexibility index (Phi) is 9.54. The van der Waals surface area contributed by atoms with Crippen LogP contribution in [0.5, 0.6) is 23.7 Å². The number of sulfonamides is 1. The number of hydrogen-bond donors (Lipinski definition) is 1. The molecule has 3 aromatic heterocycles. The van der Waals surface area contributed by atoms with Crippen LogP contribution in [-0.2, 0) is 15.4 Å². The molecule has 14 heteroatoms. The highest BCUT2D eigenvalue weighted by molar-refractivity contribution is 9.10. The number of rotatable bonds is 11. The van der Waals surface area contributed by atoms with Crippen molar-refractivity contribution in [3.63, 3.8) is 0 Å².